The fourth-order valence-electron chi connectivity index (χ4n) is 3.28. The van der Waals surface area contributed by atoms with E-state index in [1.165, 1.54) is 17.3 Å². The number of ether oxygens (including phenoxy) is 2. The standard InChI is InChI=1S/C25H31N5O3S/c1-7-30-23(18-10-13-20(32-5)21(14-18)33-6)28-29-24(30)34-16-22(31)27-26-15-17-8-11-19(12-9-17)25(2,3)4/h8-15H,7,16H2,1-6H3,(H,27,31). The molecule has 0 bridgehead atoms. The number of rotatable bonds is 9. The molecule has 3 rings (SSSR count). The number of carbonyl (C=O) groups excluding carboxylic acids is 1. The third kappa shape index (κ3) is 6.17. The number of hydrogen-bond donors (Lipinski definition) is 1. The topological polar surface area (TPSA) is 90.6 Å². The third-order valence-corrected chi connectivity index (χ3v) is 6.15. The molecule has 1 N–H and O–H groups in total. The van der Waals surface area contributed by atoms with Gasteiger partial charge in [-0.05, 0) is 41.7 Å². The molecule has 0 radical (unpaired) electrons. The van der Waals surface area contributed by atoms with E-state index in [0.29, 0.717) is 29.0 Å². The first-order valence-corrected chi connectivity index (χ1v) is 12.0. The minimum atomic E-state index is -0.217. The molecule has 0 saturated heterocycles. The molecule has 34 heavy (non-hydrogen) atoms. The number of benzene rings is 2. The van der Waals surface area contributed by atoms with E-state index in [-0.39, 0.29) is 17.1 Å². The maximum absolute atomic E-state index is 12.3. The van der Waals surface area contributed by atoms with Gasteiger partial charge in [0.15, 0.2) is 22.5 Å². The average Bonchev–Trinajstić information content (AvgIpc) is 3.25. The molecule has 1 heterocycles. The van der Waals surface area contributed by atoms with E-state index in [2.05, 4.69) is 53.6 Å². The Hall–Kier alpha value is -3.33. The van der Waals surface area contributed by atoms with Gasteiger partial charge in [0.2, 0.25) is 0 Å². The molecule has 0 aliphatic rings. The van der Waals surface area contributed by atoms with Gasteiger partial charge in [-0.3, -0.25) is 4.79 Å². The maximum atomic E-state index is 12.3. The van der Waals surface area contributed by atoms with Crippen LogP contribution in [-0.2, 0) is 16.8 Å². The van der Waals surface area contributed by atoms with Crippen molar-refractivity contribution in [3.63, 3.8) is 0 Å². The van der Waals surface area contributed by atoms with Crippen molar-refractivity contribution < 1.29 is 14.3 Å². The van der Waals surface area contributed by atoms with Gasteiger partial charge < -0.3 is 14.0 Å². The molecule has 0 aliphatic heterocycles. The monoisotopic (exact) mass is 481 g/mol. The smallest absolute Gasteiger partial charge is 0.250 e. The quantitative estimate of drug-likeness (QED) is 0.274. The fraction of sp³-hybridized carbons (Fsp3) is 0.360. The Morgan fingerprint density at radius 3 is 2.41 bits per heavy atom. The van der Waals surface area contributed by atoms with Gasteiger partial charge in [-0.1, -0.05) is 56.8 Å². The second kappa shape index (κ2) is 11.2. The SMILES string of the molecule is CCn1c(SCC(=O)NN=Cc2ccc(C(C)(C)C)cc2)nnc1-c1ccc(OC)c(OC)c1. The highest BCUT2D eigenvalue weighted by atomic mass is 32.2. The van der Waals surface area contributed by atoms with Crippen molar-refractivity contribution in [1.29, 1.82) is 0 Å². The van der Waals surface area contributed by atoms with Crippen molar-refractivity contribution in [2.45, 2.75) is 44.8 Å². The Kier molecular flexibility index (Phi) is 8.33. The number of nitrogens with one attached hydrogen (secondary N) is 1. The number of thioether (sulfide) groups is 1. The molecule has 1 amide bonds. The second-order valence-corrected chi connectivity index (χ2v) is 9.52. The summed E-state index contributed by atoms with van der Waals surface area (Å²) in [5.74, 6) is 1.91. The van der Waals surface area contributed by atoms with Gasteiger partial charge in [-0.25, -0.2) is 5.43 Å². The van der Waals surface area contributed by atoms with Gasteiger partial charge in [-0.15, -0.1) is 10.2 Å². The van der Waals surface area contributed by atoms with E-state index in [9.17, 15) is 4.79 Å². The first-order valence-electron chi connectivity index (χ1n) is 11.0. The highest BCUT2D eigenvalue weighted by Gasteiger charge is 2.16. The van der Waals surface area contributed by atoms with Crippen LogP contribution in [0.4, 0.5) is 0 Å². The van der Waals surface area contributed by atoms with Crippen LogP contribution in [0.3, 0.4) is 0 Å². The Morgan fingerprint density at radius 1 is 1.09 bits per heavy atom. The third-order valence-electron chi connectivity index (χ3n) is 5.19. The fourth-order valence-corrected chi connectivity index (χ4v) is 4.07. The van der Waals surface area contributed by atoms with Crippen LogP contribution in [0.5, 0.6) is 11.5 Å². The number of hydrogen-bond acceptors (Lipinski definition) is 7. The zero-order chi connectivity index (χ0) is 24.7. The number of amides is 1. The minimum Gasteiger partial charge on any atom is -0.493 e. The van der Waals surface area contributed by atoms with Gasteiger partial charge in [0.25, 0.3) is 5.91 Å². The maximum Gasteiger partial charge on any atom is 0.250 e. The second-order valence-electron chi connectivity index (χ2n) is 8.57. The van der Waals surface area contributed by atoms with Crippen molar-refractivity contribution in [3.05, 3.63) is 53.6 Å². The summed E-state index contributed by atoms with van der Waals surface area (Å²) in [6, 6.07) is 13.7. The van der Waals surface area contributed by atoms with E-state index in [4.69, 9.17) is 9.47 Å². The molecule has 0 fully saturated rings. The van der Waals surface area contributed by atoms with Crippen LogP contribution in [0.25, 0.3) is 11.4 Å². The zero-order valence-corrected chi connectivity index (χ0v) is 21.3. The van der Waals surface area contributed by atoms with Gasteiger partial charge in [-0.2, -0.15) is 5.10 Å². The van der Waals surface area contributed by atoms with Crippen LogP contribution in [0, 0.1) is 0 Å². The minimum absolute atomic E-state index is 0.0967. The predicted molar refractivity (Wildman–Crippen MR) is 136 cm³/mol. The molecular weight excluding hydrogens is 450 g/mol. The highest BCUT2D eigenvalue weighted by molar-refractivity contribution is 7.99. The van der Waals surface area contributed by atoms with Crippen LogP contribution in [-0.4, -0.2) is 46.9 Å². The van der Waals surface area contributed by atoms with E-state index in [1.807, 2.05) is 41.8 Å². The first kappa shape index (κ1) is 25.3. The van der Waals surface area contributed by atoms with Gasteiger partial charge >= 0.3 is 0 Å². The molecule has 3 aromatic rings. The molecule has 8 nitrogen and oxygen atoms in total. The van der Waals surface area contributed by atoms with E-state index >= 15 is 0 Å². The lowest BCUT2D eigenvalue weighted by Crippen LogP contribution is -2.20. The summed E-state index contributed by atoms with van der Waals surface area (Å²) in [6.07, 6.45) is 1.64. The molecule has 2 aromatic carbocycles. The molecule has 0 atom stereocenters. The van der Waals surface area contributed by atoms with Crippen LogP contribution >= 0.6 is 11.8 Å². The Morgan fingerprint density at radius 2 is 1.79 bits per heavy atom. The number of methoxy groups -OCH3 is 2. The molecule has 9 heteroatoms. The van der Waals surface area contributed by atoms with Crippen LogP contribution in [0.15, 0.2) is 52.7 Å². The van der Waals surface area contributed by atoms with E-state index in [1.54, 1.807) is 20.4 Å². The van der Waals surface area contributed by atoms with Crippen LogP contribution in [0.1, 0.15) is 38.8 Å². The zero-order valence-electron chi connectivity index (χ0n) is 20.5. The van der Waals surface area contributed by atoms with Crippen molar-refractivity contribution in [3.8, 4) is 22.9 Å². The number of hydrazone groups is 1. The summed E-state index contributed by atoms with van der Waals surface area (Å²) in [7, 11) is 3.19. The Labute approximate surface area is 204 Å². The van der Waals surface area contributed by atoms with Crippen LogP contribution < -0.4 is 14.9 Å². The normalized spacial score (nSPS) is 11.6. The van der Waals surface area contributed by atoms with Gasteiger partial charge in [0.1, 0.15) is 0 Å². The lowest BCUT2D eigenvalue weighted by atomic mass is 9.87. The summed E-state index contributed by atoms with van der Waals surface area (Å²) in [6.45, 7) is 9.18. The van der Waals surface area contributed by atoms with E-state index < -0.39 is 0 Å². The first-order chi connectivity index (χ1) is 16.3. The summed E-state index contributed by atoms with van der Waals surface area (Å²) >= 11 is 1.31. The van der Waals surface area contributed by atoms with Crippen molar-refractivity contribution in [2.75, 3.05) is 20.0 Å². The van der Waals surface area contributed by atoms with Crippen molar-refractivity contribution >= 4 is 23.9 Å². The molecule has 1 aromatic heterocycles. The summed E-state index contributed by atoms with van der Waals surface area (Å²) < 4.78 is 12.7. The molecule has 0 spiro atoms. The summed E-state index contributed by atoms with van der Waals surface area (Å²) in [5.41, 5.74) is 5.69. The molecule has 0 aliphatic carbocycles. The number of aromatic nitrogens is 3. The summed E-state index contributed by atoms with van der Waals surface area (Å²) in [5, 5.41) is 13.3. The molecule has 0 saturated carbocycles. The molecular formula is C25H31N5O3S. The van der Waals surface area contributed by atoms with Crippen LogP contribution in [0.2, 0.25) is 0 Å². The average molecular weight is 482 g/mol. The molecule has 0 unspecified atom stereocenters. The van der Waals surface area contributed by atoms with E-state index in [0.717, 1.165) is 11.1 Å². The van der Waals surface area contributed by atoms with Gasteiger partial charge in [0.05, 0.1) is 26.2 Å². The van der Waals surface area contributed by atoms with Crippen molar-refractivity contribution in [1.82, 2.24) is 20.2 Å². The lowest BCUT2D eigenvalue weighted by Gasteiger charge is -2.18. The molecule has 180 valence electrons. The lowest BCUT2D eigenvalue weighted by molar-refractivity contribution is -0.118. The largest absolute Gasteiger partial charge is 0.493 e. The number of nitrogens with zero attached hydrogens (tertiary/aromatic N) is 4. The Bertz CT molecular complexity index is 1150. The predicted octanol–water partition coefficient (Wildman–Crippen LogP) is 4.52. The van der Waals surface area contributed by atoms with Gasteiger partial charge in [0, 0.05) is 12.1 Å². The van der Waals surface area contributed by atoms with Crippen molar-refractivity contribution in [2.24, 2.45) is 5.10 Å². The Balaban J connectivity index is 1.61. The number of carbonyl (C=O) groups is 1. The summed E-state index contributed by atoms with van der Waals surface area (Å²) in [4.78, 5) is 12.3. The highest BCUT2D eigenvalue weighted by Crippen LogP contribution is 2.32.